The van der Waals surface area contributed by atoms with E-state index in [0.29, 0.717) is 24.6 Å². The van der Waals surface area contributed by atoms with E-state index in [4.69, 9.17) is 11.6 Å². The van der Waals surface area contributed by atoms with Crippen LogP contribution in [0.5, 0.6) is 0 Å². The van der Waals surface area contributed by atoms with Gasteiger partial charge in [0, 0.05) is 18.1 Å². The van der Waals surface area contributed by atoms with E-state index in [1.54, 1.807) is 12.1 Å². The molecule has 1 aliphatic rings. The largest absolute Gasteiger partial charge is 0.421 e. The Morgan fingerprint density at radius 2 is 2.04 bits per heavy atom. The van der Waals surface area contributed by atoms with Crippen molar-refractivity contribution in [3.63, 3.8) is 0 Å². The van der Waals surface area contributed by atoms with Gasteiger partial charge in [0.15, 0.2) is 9.84 Å². The predicted molar refractivity (Wildman–Crippen MR) is 87.7 cm³/mol. The molecule has 1 aromatic carbocycles. The molecule has 2 aromatic rings. The number of benzene rings is 1. The molecular formula is C15H13ClF3N3O2S. The summed E-state index contributed by atoms with van der Waals surface area (Å²) in [6.45, 7) is 0. The lowest BCUT2D eigenvalue weighted by atomic mass is 10.1. The minimum Gasteiger partial charge on any atom is -0.339 e. The number of sulfone groups is 1. The highest BCUT2D eigenvalue weighted by Gasteiger charge is 2.37. The van der Waals surface area contributed by atoms with Crippen LogP contribution in [0, 0.1) is 0 Å². The molecule has 3 rings (SSSR count). The maximum atomic E-state index is 13.2. The molecule has 0 fully saturated rings. The van der Waals surface area contributed by atoms with Crippen molar-refractivity contribution in [1.29, 1.82) is 0 Å². The second kappa shape index (κ2) is 6.14. The molecule has 1 heterocycles. The first-order valence-corrected chi connectivity index (χ1v) is 9.58. The molecule has 1 aliphatic carbocycles. The van der Waals surface area contributed by atoms with E-state index in [1.165, 1.54) is 6.07 Å². The Kier molecular flexibility index (Phi) is 4.40. The molecule has 134 valence electrons. The molecule has 0 saturated carbocycles. The fraction of sp³-hybridized carbons (Fsp3) is 0.333. The maximum absolute atomic E-state index is 13.2. The van der Waals surface area contributed by atoms with Crippen molar-refractivity contribution in [3.05, 3.63) is 46.4 Å². The van der Waals surface area contributed by atoms with Gasteiger partial charge in [-0.1, -0.05) is 12.1 Å². The summed E-state index contributed by atoms with van der Waals surface area (Å²) in [5.74, 6) is -0.514. The summed E-state index contributed by atoms with van der Waals surface area (Å²) >= 11 is 5.63. The molecule has 1 N–H and O–H groups in total. The topological polar surface area (TPSA) is 72.0 Å². The standard InChI is InChI=1S/C15H13ClF3N3O2S/c1-25(23,24)11-6-5-8-3-2-4-10(12(8)11)21-13-9(15(17,18)19)7-20-14(16)22-13/h2-4,7,11H,5-6H2,1H3,(H,20,21,22). The first-order chi connectivity index (χ1) is 11.6. The lowest BCUT2D eigenvalue weighted by Gasteiger charge is -2.18. The number of alkyl halides is 3. The molecular weight excluding hydrogens is 379 g/mol. The van der Waals surface area contributed by atoms with Gasteiger partial charge in [0.25, 0.3) is 0 Å². The number of nitrogens with one attached hydrogen (secondary N) is 1. The number of fused-ring (bicyclic) bond motifs is 1. The summed E-state index contributed by atoms with van der Waals surface area (Å²) in [7, 11) is -3.40. The number of anilines is 2. The van der Waals surface area contributed by atoms with Gasteiger partial charge in [0.05, 0.1) is 5.25 Å². The van der Waals surface area contributed by atoms with Gasteiger partial charge in [-0.15, -0.1) is 0 Å². The van der Waals surface area contributed by atoms with Crippen LogP contribution in [0.1, 0.15) is 28.4 Å². The number of rotatable bonds is 3. The summed E-state index contributed by atoms with van der Waals surface area (Å²) in [5.41, 5.74) is 0.455. The average molecular weight is 392 g/mol. The monoisotopic (exact) mass is 391 g/mol. The Labute approximate surface area is 147 Å². The highest BCUT2D eigenvalue weighted by Crippen LogP contribution is 2.43. The van der Waals surface area contributed by atoms with Crippen LogP contribution in [0.25, 0.3) is 0 Å². The molecule has 0 saturated heterocycles. The van der Waals surface area contributed by atoms with Crippen LogP contribution in [-0.4, -0.2) is 24.6 Å². The van der Waals surface area contributed by atoms with Crippen LogP contribution >= 0.6 is 11.6 Å². The fourth-order valence-corrected chi connectivity index (χ4v) is 4.36. The zero-order chi connectivity index (χ0) is 18.4. The first-order valence-electron chi connectivity index (χ1n) is 7.25. The Hall–Kier alpha value is -1.87. The highest BCUT2D eigenvalue weighted by molar-refractivity contribution is 7.91. The van der Waals surface area contributed by atoms with Crippen LogP contribution in [0.4, 0.5) is 24.7 Å². The zero-order valence-corrected chi connectivity index (χ0v) is 14.5. The number of aromatic nitrogens is 2. The molecule has 0 aliphatic heterocycles. The van der Waals surface area contributed by atoms with Crippen molar-refractivity contribution in [2.75, 3.05) is 11.6 Å². The SMILES string of the molecule is CS(=O)(=O)C1CCc2cccc(Nc3nc(Cl)ncc3C(F)(F)F)c21. The summed E-state index contributed by atoms with van der Waals surface area (Å²) < 4.78 is 63.5. The lowest BCUT2D eigenvalue weighted by Crippen LogP contribution is -2.14. The van der Waals surface area contributed by atoms with Crippen molar-refractivity contribution in [1.82, 2.24) is 9.97 Å². The third-order valence-electron chi connectivity index (χ3n) is 4.03. The van der Waals surface area contributed by atoms with Gasteiger partial charge in [0.1, 0.15) is 11.4 Å². The molecule has 0 amide bonds. The van der Waals surface area contributed by atoms with Crippen LogP contribution < -0.4 is 5.32 Å². The van der Waals surface area contributed by atoms with Crippen molar-refractivity contribution in [3.8, 4) is 0 Å². The molecule has 0 bridgehead atoms. The van der Waals surface area contributed by atoms with E-state index < -0.39 is 32.6 Å². The van der Waals surface area contributed by atoms with Crippen LogP contribution in [0.3, 0.4) is 0 Å². The summed E-state index contributed by atoms with van der Waals surface area (Å²) in [6.07, 6.45) is -2.04. The quantitative estimate of drug-likeness (QED) is 0.803. The number of hydrogen-bond donors (Lipinski definition) is 1. The Balaban J connectivity index is 2.10. The van der Waals surface area contributed by atoms with E-state index >= 15 is 0 Å². The Morgan fingerprint density at radius 3 is 2.68 bits per heavy atom. The van der Waals surface area contributed by atoms with Gasteiger partial charge < -0.3 is 5.32 Å². The van der Waals surface area contributed by atoms with E-state index in [1.807, 2.05) is 0 Å². The molecule has 0 spiro atoms. The molecule has 1 atom stereocenters. The number of nitrogens with zero attached hydrogens (tertiary/aromatic N) is 2. The number of halogens is 4. The van der Waals surface area contributed by atoms with E-state index in [-0.39, 0.29) is 11.0 Å². The molecule has 10 heteroatoms. The van der Waals surface area contributed by atoms with E-state index in [0.717, 1.165) is 11.8 Å². The zero-order valence-electron chi connectivity index (χ0n) is 12.9. The Morgan fingerprint density at radius 1 is 1.32 bits per heavy atom. The molecule has 0 radical (unpaired) electrons. The summed E-state index contributed by atoms with van der Waals surface area (Å²) in [6, 6.07) is 4.95. The van der Waals surface area contributed by atoms with E-state index in [2.05, 4.69) is 15.3 Å². The molecule has 1 aromatic heterocycles. The molecule has 1 unspecified atom stereocenters. The van der Waals surface area contributed by atoms with Crippen molar-refractivity contribution < 1.29 is 21.6 Å². The predicted octanol–water partition coefficient (Wildman–Crippen LogP) is 3.92. The fourth-order valence-electron chi connectivity index (χ4n) is 2.97. The molecule has 5 nitrogen and oxygen atoms in total. The van der Waals surface area contributed by atoms with Crippen LogP contribution in [0.15, 0.2) is 24.4 Å². The second-order valence-electron chi connectivity index (χ2n) is 5.76. The molecule has 25 heavy (non-hydrogen) atoms. The first kappa shape index (κ1) is 17.9. The normalized spacial score (nSPS) is 17.4. The minimum atomic E-state index is -4.68. The minimum absolute atomic E-state index is 0.269. The van der Waals surface area contributed by atoms with Crippen molar-refractivity contribution in [2.24, 2.45) is 0 Å². The van der Waals surface area contributed by atoms with Gasteiger partial charge in [-0.05, 0) is 41.6 Å². The smallest absolute Gasteiger partial charge is 0.339 e. The van der Waals surface area contributed by atoms with Gasteiger partial charge in [0.2, 0.25) is 5.28 Å². The number of hydrogen-bond acceptors (Lipinski definition) is 5. The third-order valence-corrected chi connectivity index (χ3v) is 5.72. The lowest BCUT2D eigenvalue weighted by molar-refractivity contribution is -0.137. The maximum Gasteiger partial charge on any atom is 0.421 e. The highest BCUT2D eigenvalue weighted by atomic mass is 35.5. The van der Waals surface area contributed by atoms with Crippen molar-refractivity contribution >= 4 is 32.9 Å². The van der Waals surface area contributed by atoms with Crippen LogP contribution in [0.2, 0.25) is 5.28 Å². The van der Waals surface area contributed by atoms with Crippen LogP contribution in [-0.2, 0) is 22.4 Å². The van der Waals surface area contributed by atoms with E-state index in [9.17, 15) is 21.6 Å². The second-order valence-corrected chi connectivity index (χ2v) is 8.33. The third kappa shape index (κ3) is 3.57. The summed E-state index contributed by atoms with van der Waals surface area (Å²) in [5, 5.41) is 1.49. The van der Waals surface area contributed by atoms with Gasteiger partial charge in [-0.25, -0.2) is 13.4 Å². The Bertz CT molecular complexity index is 932. The average Bonchev–Trinajstić information content (AvgIpc) is 2.91. The van der Waals surface area contributed by atoms with Crippen molar-refractivity contribution in [2.45, 2.75) is 24.3 Å². The number of aryl methyl sites for hydroxylation is 1. The summed E-state index contributed by atoms with van der Waals surface area (Å²) in [4.78, 5) is 6.99. The van der Waals surface area contributed by atoms with Gasteiger partial charge in [-0.3, -0.25) is 0 Å². The van der Waals surface area contributed by atoms with Gasteiger partial charge >= 0.3 is 6.18 Å². The van der Waals surface area contributed by atoms with Gasteiger partial charge in [-0.2, -0.15) is 18.2 Å².